The minimum atomic E-state index is 0.514. The molecule has 1 atom stereocenters. The van der Waals surface area contributed by atoms with Crippen molar-refractivity contribution < 1.29 is 4.52 Å². The molecule has 0 aliphatic carbocycles. The van der Waals surface area contributed by atoms with Gasteiger partial charge >= 0.3 is 0 Å². The van der Waals surface area contributed by atoms with E-state index in [1.54, 1.807) is 0 Å². The van der Waals surface area contributed by atoms with Crippen LogP contribution in [0.5, 0.6) is 0 Å². The van der Waals surface area contributed by atoms with E-state index in [2.05, 4.69) is 37.5 Å². The lowest BCUT2D eigenvalue weighted by molar-refractivity contribution is 0.177. The molecular weight excluding hydrogens is 266 g/mol. The molecule has 3 rings (SSSR count). The topological polar surface area (TPSA) is 67.1 Å². The van der Waals surface area contributed by atoms with Gasteiger partial charge in [-0.05, 0) is 37.1 Å². The van der Waals surface area contributed by atoms with Crippen LogP contribution < -0.4 is 5.32 Å². The van der Waals surface area contributed by atoms with Crippen LogP contribution in [0.1, 0.15) is 30.1 Å². The van der Waals surface area contributed by atoms with Gasteiger partial charge in [0.05, 0.1) is 6.54 Å². The van der Waals surface area contributed by atoms with E-state index < -0.39 is 0 Å². The summed E-state index contributed by atoms with van der Waals surface area (Å²) >= 11 is 0. The van der Waals surface area contributed by atoms with Crippen LogP contribution in [0.25, 0.3) is 0 Å². The Hall–Kier alpha value is -1.79. The Kier molecular flexibility index (Phi) is 4.57. The highest BCUT2D eigenvalue weighted by Crippen LogP contribution is 2.13. The Morgan fingerprint density at radius 2 is 2.24 bits per heavy atom. The SMILES string of the molecule is Cc1nc(CN2CCC[C@H](NCc3ccncc3)C2)no1. The molecule has 2 aromatic heterocycles. The normalized spacial score (nSPS) is 19.8. The van der Waals surface area contributed by atoms with Crippen molar-refractivity contribution in [3.63, 3.8) is 0 Å². The molecule has 112 valence electrons. The number of likely N-dealkylation sites (tertiary alicyclic amines) is 1. The van der Waals surface area contributed by atoms with Crippen LogP contribution in [-0.2, 0) is 13.1 Å². The average molecular weight is 287 g/mol. The number of hydrogen-bond donors (Lipinski definition) is 1. The molecule has 0 unspecified atom stereocenters. The van der Waals surface area contributed by atoms with Crippen LogP contribution in [-0.4, -0.2) is 39.2 Å². The number of aromatic nitrogens is 3. The van der Waals surface area contributed by atoms with Gasteiger partial charge in [0.1, 0.15) is 0 Å². The van der Waals surface area contributed by atoms with E-state index in [4.69, 9.17) is 4.52 Å². The number of aryl methyl sites for hydroxylation is 1. The Labute approximate surface area is 124 Å². The third-order valence-corrected chi connectivity index (χ3v) is 3.78. The second-order valence-electron chi connectivity index (χ2n) is 5.54. The molecule has 1 aliphatic rings. The van der Waals surface area contributed by atoms with Gasteiger partial charge in [-0.2, -0.15) is 4.98 Å². The summed E-state index contributed by atoms with van der Waals surface area (Å²) < 4.78 is 5.03. The third-order valence-electron chi connectivity index (χ3n) is 3.78. The van der Waals surface area contributed by atoms with E-state index in [9.17, 15) is 0 Å². The molecule has 0 bridgehead atoms. The molecule has 1 saturated heterocycles. The fourth-order valence-electron chi connectivity index (χ4n) is 2.73. The van der Waals surface area contributed by atoms with E-state index in [0.29, 0.717) is 11.9 Å². The molecule has 6 nitrogen and oxygen atoms in total. The van der Waals surface area contributed by atoms with Gasteiger partial charge in [0.2, 0.25) is 5.89 Å². The highest BCUT2D eigenvalue weighted by molar-refractivity contribution is 5.09. The Bertz CT molecular complexity index is 556. The maximum atomic E-state index is 5.03. The van der Waals surface area contributed by atoms with Crippen molar-refractivity contribution >= 4 is 0 Å². The van der Waals surface area contributed by atoms with E-state index in [0.717, 1.165) is 32.0 Å². The summed E-state index contributed by atoms with van der Waals surface area (Å²) in [6, 6.07) is 4.62. The standard InChI is InChI=1S/C15H21N5O/c1-12-18-15(19-21-12)11-20-8-2-3-14(10-20)17-9-13-4-6-16-7-5-13/h4-7,14,17H,2-3,8-11H2,1H3/t14-/m0/s1. The van der Waals surface area contributed by atoms with Crippen molar-refractivity contribution in [2.75, 3.05) is 13.1 Å². The Balaban J connectivity index is 1.49. The second kappa shape index (κ2) is 6.78. The molecule has 0 amide bonds. The Morgan fingerprint density at radius 1 is 1.38 bits per heavy atom. The fraction of sp³-hybridized carbons (Fsp3) is 0.533. The predicted octanol–water partition coefficient (Wildman–Crippen LogP) is 1.53. The molecule has 21 heavy (non-hydrogen) atoms. The quantitative estimate of drug-likeness (QED) is 0.899. The third kappa shape index (κ3) is 4.09. The zero-order valence-corrected chi connectivity index (χ0v) is 12.3. The zero-order chi connectivity index (χ0) is 14.5. The van der Waals surface area contributed by atoms with E-state index >= 15 is 0 Å². The molecule has 6 heteroatoms. The lowest BCUT2D eigenvalue weighted by Gasteiger charge is -2.32. The van der Waals surface area contributed by atoms with Crippen molar-refractivity contribution in [3.05, 3.63) is 41.8 Å². The molecule has 0 aromatic carbocycles. The van der Waals surface area contributed by atoms with Crippen LogP contribution in [0.4, 0.5) is 0 Å². The van der Waals surface area contributed by atoms with Crippen molar-refractivity contribution in [3.8, 4) is 0 Å². The maximum Gasteiger partial charge on any atom is 0.223 e. The predicted molar refractivity (Wildman–Crippen MR) is 78.4 cm³/mol. The molecule has 1 fully saturated rings. The smallest absolute Gasteiger partial charge is 0.223 e. The van der Waals surface area contributed by atoms with Crippen molar-refractivity contribution in [1.29, 1.82) is 0 Å². The van der Waals surface area contributed by atoms with Gasteiger partial charge in [0, 0.05) is 38.4 Å². The maximum absolute atomic E-state index is 5.03. The summed E-state index contributed by atoms with van der Waals surface area (Å²) in [5.41, 5.74) is 1.27. The van der Waals surface area contributed by atoms with Crippen LogP contribution in [0.3, 0.4) is 0 Å². The highest BCUT2D eigenvalue weighted by atomic mass is 16.5. The summed E-state index contributed by atoms with van der Waals surface area (Å²) in [5.74, 6) is 1.41. The first-order valence-electron chi connectivity index (χ1n) is 7.43. The van der Waals surface area contributed by atoms with E-state index in [1.807, 2.05) is 19.3 Å². The summed E-state index contributed by atoms with van der Waals surface area (Å²) in [5, 5.41) is 7.60. The number of nitrogens with one attached hydrogen (secondary N) is 1. The number of hydrogen-bond acceptors (Lipinski definition) is 6. The molecule has 2 aromatic rings. The van der Waals surface area contributed by atoms with E-state index in [1.165, 1.54) is 18.4 Å². The average Bonchev–Trinajstić information content (AvgIpc) is 2.92. The van der Waals surface area contributed by atoms with Gasteiger partial charge in [-0.15, -0.1) is 0 Å². The van der Waals surface area contributed by atoms with Gasteiger partial charge in [0.25, 0.3) is 0 Å². The summed E-state index contributed by atoms with van der Waals surface area (Å²) in [4.78, 5) is 10.7. The van der Waals surface area contributed by atoms with Gasteiger partial charge in [-0.3, -0.25) is 9.88 Å². The van der Waals surface area contributed by atoms with Crippen molar-refractivity contribution in [1.82, 2.24) is 25.3 Å². The van der Waals surface area contributed by atoms with E-state index in [-0.39, 0.29) is 0 Å². The van der Waals surface area contributed by atoms with Gasteiger partial charge in [-0.1, -0.05) is 5.16 Å². The summed E-state index contributed by atoms with van der Waals surface area (Å²) in [6.45, 7) is 5.61. The molecule has 3 heterocycles. The number of rotatable bonds is 5. The molecule has 0 spiro atoms. The lowest BCUT2D eigenvalue weighted by Crippen LogP contribution is -2.45. The van der Waals surface area contributed by atoms with Crippen LogP contribution in [0.15, 0.2) is 29.0 Å². The summed E-state index contributed by atoms with van der Waals surface area (Å²) in [7, 11) is 0. The number of pyridine rings is 1. The molecule has 1 aliphatic heterocycles. The molecular formula is C15H21N5O. The number of nitrogens with zero attached hydrogens (tertiary/aromatic N) is 4. The first kappa shape index (κ1) is 14.2. The van der Waals surface area contributed by atoms with Crippen molar-refractivity contribution in [2.24, 2.45) is 0 Å². The molecule has 1 N–H and O–H groups in total. The monoisotopic (exact) mass is 287 g/mol. The van der Waals surface area contributed by atoms with Crippen LogP contribution >= 0.6 is 0 Å². The Morgan fingerprint density at radius 3 is 3.00 bits per heavy atom. The first-order valence-corrected chi connectivity index (χ1v) is 7.43. The second-order valence-corrected chi connectivity index (χ2v) is 5.54. The first-order chi connectivity index (χ1) is 10.3. The van der Waals surface area contributed by atoms with Gasteiger partial charge in [-0.25, -0.2) is 0 Å². The fourth-order valence-corrected chi connectivity index (χ4v) is 2.73. The lowest BCUT2D eigenvalue weighted by atomic mass is 10.1. The molecule has 0 radical (unpaired) electrons. The zero-order valence-electron chi connectivity index (χ0n) is 12.3. The summed E-state index contributed by atoms with van der Waals surface area (Å²) in [6.07, 6.45) is 6.09. The largest absolute Gasteiger partial charge is 0.340 e. The highest BCUT2D eigenvalue weighted by Gasteiger charge is 2.20. The molecule has 0 saturated carbocycles. The van der Waals surface area contributed by atoms with Gasteiger partial charge in [0.15, 0.2) is 5.82 Å². The van der Waals surface area contributed by atoms with Crippen LogP contribution in [0, 0.1) is 6.92 Å². The van der Waals surface area contributed by atoms with Crippen LogP contribution in [0.2, 0.25) is 0 Å². The van der Waals surface area contributed by atoms with Crippen molar-refractivity contribution in [2.45, 2.75) is 38.9 Å². The number of piperidine rings is 1. The minimum absolute atomic E-state index is 0.514. The van der Waals surface area contributed by atoms with Gasteiger partial charge < -0.3 is 9.84 Å². The minimum Gasteiger partial charge on any atom is -0.340 e.